The molecule has 0 atom stereocenters. The van der Waals surface area contributed by atoms with Gasteiger partial charge in [0.15, 0.2) is 17.5 Å². The van der Waals surface area contributed by atoms with Crippen LogP contribution in [0, 0.1) is 0 Å². The van der Waals surface area contributed by atoms with E-state index in [1.807, 2.05) is 54.6 Å². The van der Waals surface area contributed by atoms with Crippen molar-refractivity contribution in [2.75, 3.05) is 0 Å². The van der Waals surface area contributed by atoms with Crippen molar-refractivity contribution in [2.45, 2.75) is 0 Å². The van der Waals surface area contributed by atoms with E-state index in [-0.39, 0.29) is 0 Å². The van der Waals surface area contributed by atoms with E-state index in [9.17, 15) is 0 Å². The lowest BCUT2D eigenvalue weighted by atomic mass is 9.96. The second kappa shape index (κ2) is 14.6. The molecule has 0 aliphatic heterocycles. The van der Waals surface area contributed by atoms with Gasteiger partial charge in [-0.3, -0.25) is 0 Å². The third-order valence-electron chi connectivity index (χ3n) is 10.8. The number of nitrogens with zero attached hydrogens (tertiary/aromatic N) is 6. The summed E-state index contributed by atoms with van der Waals surface area (Å²) in [6.45, 7) is 0. The van der Waals surface area contributed by atoms with Gasteiger partial charge in [0.05, 0.1) is 22.9 Å². The zero-order valence-corrected chi connectivity index (χ0v) is 32.4. The van der Waals surface area contributed by atoms with Crippen LogP contribution in [0.15, 0.2) is 194 Å². The molecule has 0 saturated carbocycles. The SMILES string of the molecule is c1ccc(-c2cc(-c3ccccc3)cc(-c3nc(-c4ccccc4)nc(-c4ccc(-c5ccc(-c6nc7ccccc7c7c6ccc6nsnc67)cc5)cc4)n3)c2)cc1. The van der Waals surface area contributed by atoms with Gasteiger partial charge in [0.2, 0.25) is 0 Å². The van der Waals surface area contributed by atoms with Crippen LogP contribution >= 0.6 is 11.7 Å². The molecule has 0 unspecified atom stereocenters. The molecule has 3 aromatic heterocycles. The molecule has 0 spiro atoms. The first-order valence-electron chi connectivity index (χ1n) is 19.4. The number of pyridine rings is 1. The van der Waals surface area contributed by atoms with Crippen molar-refractivity contribution in [1.82, 2.24) is 28.7 Å². The minimum absolute atomic E-state index is 0.612. The Kier molecular flexibility index (Phi) is 8.56. The molecule has 11 rings (SSSR count). The summed E-state index contributed by atoms with van der Waals surface area (Å²) in [6, 6.07) is 67.1. The average molecular weight is 773 g/mol. The first-order chi connectivity index (χ1) is 29.2. The van der Waals surface area contributed by atoms with Crippen molar-refractivity contribution in [3.63, 3.8) is 0 Å². The van der Waals surface area contributed by atoms with Gasteiger partial charge in [0, 0.05) is 38.4 Å². The molecule has 276 valence electrons. The minimum Gasteiger partial charge on any atom is -0.247 e. The zero-order chi connectivity index (χ0) is 39.1. The van der Waals surface area contributed by atoms with Crippen molar-refractivity contribution in [3.8, 4) is 78.8 Å². The first kappa shape index (κ1) is 34.5. The number of hydrogen-bond donors (Lipinski definition) is 0. The molecular weight excluding hydrogens is 741 g/mol. The third-order valence-corrected chi connectivity index (χ3v) is 11.3. The number of rotatable bonds is 7. The van der Waals surface area contributed by atoms with E-state index >= 15 is 0 Å². The maximum atomic E-state index is 5.15. The Morgan fingerprint density at radius 3 is 1.36 bits per heavy atom. The second-order valence-corrected chi connectivity index (χ2v) is 15.0. The summed E-state index contributed by atoms with van der Waals surface area (Å²) in [5, 5.41) is 3.24. The van der Waals surface area contributed by atoms with E-state index in [1.54, 1.807) is 0 Å². The molecule has 0 N–H and O–H groups in total. The van der Waals surface area contributed by atoms with Crippen LogP contribution in [0.3, 0.4) is 0 Å². The maximum absolute atomic E-state index is 5.15. The van der Waals surface area contributed by atoms with Crippen LogP contribution in [-0.4, -0.2) is 28.7 Å². The van der Waals surface area contributed by atoms with Gasteiger partial charge >= 0.3 is 0 Å². The van der Waals surface area contributed by atoms with Crippen molar-refractivity contribution in [1.29, 1.82) is 0 Å². The summed E-state index contributed by atoms with van der Waals surface area (Å²) in [5.74, 6) is 1.85. The lowest BCUT2D eigenvalue weighted by molar-refractivity contribution is 1.07. The largest absolute Gasteiger partial charge is 0.247 e. The molecule has 59 heavy (non-hydrogen) atoms. The summed E-state index contributed by atoms with van der Waals surface area (Å²) in [7, 11) is 0. The Bertz CT molecular complexity index is 3240. The molecular formula is C52H32N6S. The van der Waals surface area contributed by atoms with E-state index in [4.69, 9.17) is 19.9 Å². The topological polar surface area (TPSA) is 77.3 Å². The van der Waals surface area contributed by atoms with E-state index in [2.05, 4.69) is 148 Å². The summed E-state index contributed by atoms with van der Waals surface area (Å²) in [5.41, 5.74) is 14.1. The van der Waals surface area contributed by atoms with Crippen LogP contribution in [0.5, 0.6) is 0 Å². The predicted octanol–water partition coefficient (Wildman–Crippen LogP) is 13.2. The van der Waals surface area contributed by atoms with Crippen molar-refractivity contribution >= 4 is 44.4 Å². The molecule has 6 nitrogen and oxygen atoms in total. The Balaban J connectivity index is 0.972. The van der Waals surface area contributed by atoms with Gasteiger partial charge in [-0.2, -0.15) is 8.75 Å². The van der Waals surface area contributed by atoms with Gasteiger partial charge in [-0.05, 0) is 69.8 Å². The summed E-state index contributed by atoms with van der Waals surface area (Å²) in [4.78, 5) is 20.4. The van der Waals surface area contributed by atoms with Crippen LogP contribution in [0.4, 0.5) is 0 Å². The molecule has 0 bridgehead atoms. The molecule has 8 aromatic carbocycles. The minimum atomic E-state index is 0.612. The Morgan fingerprint density at radius 2 is 0.746 bits per heavy atom. The highest BCUT2D eigenvalue weighted by atomic mass is 32.1. The van der Waals surface area contributed by atoms with E-state index in [0.717, 1.165) is 94.0 Å². The third kappa shape index (κ3) is 6.49. The standard InChI is InChI=1S/C52H32N6S/c1-4-12-33(13-5-1)40-30-41(34-14-6-2-7-15-34)32-42(31-40)52-55-50(38-16-8-3-9-17-38)54-51(56-52)39-26-22-36(23-27-39)35-20-24-37(25-21-35)48-44-28-29-46-49(58-59-57-46)47(44)43-18-10-11-19-45(43)53-48/h1-32H. The number of para-hydroxylation sites is 1. The van der Waals surface area contributed by atoms with Gasteiger partial charge in [0.1, 0.15) is 11.0 Å². The zero-order valence-electron chi connectivity index (χ0n) is 31.6. The molecule has 7 heteroatoms. The smallest absolute Gasteiger partial charge is 0.164 e. The number of fused-ring (bicyclic) bond motifs is 5. The molecule has 0 amide bonds. The average Bonchev–Trinajstić information content (AvgIpc) is 3.81. The lowest BCUT2D eigenvalue weighted by Gasteiger charge is -2.13. The maximum Gasteiger partial charge on any atom is 0.164 e. The van der Waals surface area contributed by atoms with Gasteiger partial charge < -0.3 is 0 Å². The van der Waals surface area contributed by atoms with Crippen molar-refractivity contribution in [2.24, 2.45) is 0 Å². The Hall–Kier alpha value is -7.74. The van der Waals surface area contributed by atoms with Crippen LogP contribution in [0.1, 0.15) is 0 Å². The van der Waals surface area contributed by atoms with Gasteiger partial charge in [-0.25, -0.2) is 19.9 Å². The summed E-state index contributed by atoms with van der Waals surface area (Å²) >= 11 is 1.24. The van der Waals surface area contributed by atoms with Crippen molar-refractivity contribution in [3.05, 3.63) is 194 Å². The summed E-state index contributed by atoms with van der Waals surface area (Å²) in [6.07, 6.45) is 0. The van der Waals surface area contributed by atoms with E-state index in [0.29, 0.717) is 17.5 Å². The highest BCUT2D eigenvalue weighted by Crippen LogP contribution is 2.38. The summed E-state index contributed by atoms with van der Waals surface area (Å²) < 4.78 is 9.19. The second-order valence-electron chi connectivity index (χ2n) is 14.5. The van der Waals surface area contributed by atoms with Crippen molar-refractivity contribution < 1.29 is 0 Å². The first-order valence-corrected chi connectivity index (χ1v) is 20.2. The number of hydrogen-bond acceptors (Lipinski definition) is 7. The van der Waals surface area contributed by atoms with Crippen LogP contribution in [0.2, 0.25) is 0 Å². The van der Waals surface area contributed by atoms with Crippen LogP contribution < -0.4 is 0 Å². The number of aromatic nitrogens is 6. The molecule has 11 aromatic rings. The van der Waals surface area contributed by atoms with E-state index < -0.39 is 0 Å². The molecule has 3 heterocycles. The molecule has 0 aliphatic carbocycles. The molecule has 0 fully saturated rings. The quantitative estimate of drug-likeness (QED) is 0.150. The fourth-order valence-electron chi connectivity index (χ4n) is 7.84. The molecule has 0 aliphatic rings. The highest BCUT2D eigenvalue weighted by Gasteiger charge is 2.17. The Morgan fingerprint density at radius 1 is 0.288 bits per heavy atom. The fraction of sp³-hybridized carbons (Fsp3) is 0. The predicted molar refractivity (Wildman–Crippen MR) is 242 cm³/mol. The lowest BCUT2D eigenvalue weighted by Crippen LogP contribution is -2.00. The molecule has 0 saturated heterocycles. The van der Waals surface area contributed by atoms with Crippen LogP contribution in [-0.2, 0) is 0 Å². The molecule has 0 radical (unpaired) electrons. The fourth-order valence-corrected chi connectivity index (χ4v) is 8.38. The van der Waals surface area contributed by atoms with E-state index in [1.165, 1.54) is 11.7 Å². The number of benzene rings is 8. The highest BCUT2D eigenvalue weighted by molar-refractivity contribution is 7.00. The van der Waals surface area contributed by atoms with Crippen LogP contribution in [0.25, 0.3) is 112 Å². The van der Waals surface area contributed by atoms with Gasteiger partial charge in [0.25, 0.3) is 0 Å². The Labute approximate surface area is 344 Å². The van der Waals surface area contributed by atoms with Gasteiger partial charge in [-0.1, -0.05) is 158 Å². The normalized spacial score (nSPS) is 11.4. The van der Waals surface area contributed by atoms with Gasteiger partial charge in [-0.15, -0.1) is 0 Å². The monoisotopic (exact) mass is 772 g/mol.